The van der Waals surface area contributed by atoms with E-state index in [9.17, 15) is 14.5 Å². The Labute approximate surface area is 171 Å². The monoisotopic (exact) mass is 416 g/mol. The second-order valence-corrected chi connectivity index (χ2v) is 10.4. The number of carbonyl (C=O) groups excluding carboxylic acids is 1. The maximum Gasteiger partial charge on any atom is 0.330 e. The molecular weight excluding hydrogens is 375 g/mol. The molecular formula is C22H41O5P. The first-order chi connectivity index (χ1) is 13.5. The molecule has 0 heterocycles. The Morgan fingerprint density at radius 1 is 1.11 bits per heavy atom. The highest BCUT2D eigenvalue weighted by Gasteiger charge is 2.32. The molecule has 0 aromatic rings. The van der Waals surface area contributed by atoms with Gasteiger partial charge in [-0.1, -0.05) is 64.0 Å². The van der Waals surface area contributed by atoms with Gasteiger partial charge in [0.05, 0.1) is 12.3 Å². The molecule has 1 aliphatic carbocycles. The molecule has 1 rings (SSSR count). The molecule has 28 heavy (non-hydrogen) atoms. The first kappa shape index (κ1) is 25.6. The quantitative estimate of drug-likeness (QED) is 0.192. The van der Waals surface area contributed by atoms with E-state index in [-0.39, 0.29) is 12.0 Å². The van der Waals surface area contributed by atoms with Crippen LogP contribution >= 0.6 is 7.60 Å². The van der Waals surface area contributed by atoms with Crippen molar-refractivity contribution in [3.63, 3.8) is 0 Å². The number of aliphatic hydroxyl groups excluding tert-OH is 1. The van der Waals surface area contributed by atoms with Gasteiger partial charge in [-0.3, -0.25) is 9.36 Å². The summed E-state index contributed by atoms with van der Waals surface area (Å²) in [5, 5.41) is 10.1. The van der Waals surface area contributed by atoms with Crippen molar-refractivity contribution in [1.82, 2.24) is 0 Å². The van der Waals surface area contributed by atoms with Gasteiger partial charge in [-0.2, -0.15) is 0 Å². The summed E-state index contributed by atoms with van der Waals surface area (Å²) in [4.78, 5) is 12.2. The third-order valence-corrected chi connectivity index (χ3v) is 7.82. The van der Waals surface area contributed by atoms with Gasteiger partial charge in [0.25, 0.3) is 0 Å². The van der Waals surface area contributed by atoms with Gasteiger partial charge in [0, 0.05) is 26.6 Å². The van der Waals surface area contributed by atoms with E-state index < -0.39 is 7.60 Å². The molecule has 0 radical (unpaired) electrons. The van der Waals surface area contributed by atoms with Crippen LogP contribution in [0.4, 0.5) is 0 Å². The highest BCUT2D eigenvalue weighted by molar-refractivity contribution is 7.53. The standard InChI is InChI=1S/C22H41O5P/c1-4-5-9-12-20(23)16-14-19-15-17-22(24)21(19)13-10-7-6-8-11-18-28(25,26-2)27-3/h14,16,19-21,23H,4-13,15,17-18H2,1-3H3/b16-14+/t19-,20-,21+/m0/s1. The minimum absolute atomic E-state index is 0.126. The Kier molecular flexibility index (Phi) is 13.2. The van der Waals surface area contributed by atoms with Crippen molar-refractivity contribution in [2.24, 2.45) is 11.8 Å². The van der Waals surface area contributed by atoms with E-state index in [0.29, 0.717) is 24.3 Å². The second kappa shape index (κ2) is 14.5. The molecule has 164 valence electrons. The molecule has 1 aliphatic rings. The molecule has 0 unspecified atom stereocenters. The maximum atomic E-state index is 12.2. The molecule has 5 nitrogen and oxygen atoms in total. The van der Waals surface area contributed by atoms with E-state index in [1.54, 1.807) is 0 Å². The molecule has 6 heteroatoms. The first-order valence-electron chi connectivity index (χ1n) is 11.1. The lowest BCUT2D eigenvalue weighted by molar-refractivity contribution is -0.121. The average molecular weight is 417 g/mol. The first-order valence-corrected chi connectivity index (χ1v) is 12.8. The van der Waals surface area contributed by atoms with Crippen LogP contribution in [-0.4, -0.2) is 37.4 Å². The lowest BCUT2D eigenvalue weighted by atomic mass is 9.89. The number of Topliss-reactive ketones (excluding diaryl/α,β-unsaturated/α-hetero) is 1. The number of hydrogen-bond donors (Lipinski definition) is 1. The van der Waals surface area contributed by atoms with E-state index in [1.165, 1.54) is 14.2 Å². The summed E-state index contributed by atoms with van der Waals surface area (Å²) in [6, 6.07) is 0. The molecule has 0 saturated heterocycles. The van der Waals surface area contributed by atoms with Crippen LogP contribution in [0, 0.1) is 11.8 Å². The van der Waals surface area contributed by atoms with E-state index >= 15 is 0 Å². The minimum atomic E-state index is -2.87. The lowest BCUT2D eigenvalue weighted by Crippen LogP contribution is -2.14. The number of hydrogen-bond acceptors (Lipinski definition) is 5. The fourth-order valence-electron chi connectivity index (χ4n) is 3.97. The van der Waals surface area contributed by atoms with Crippen molar-refractivity contribution < 1.29 is 23.5 Å². The molecule has 1 N–H and O–H groups in total. The summed E-state index contributed by atoms with van der Waals surface area (Å²) in [6.45, 7) is 2.16. The molecule has 0 aromatic carbocycles. The molecule has 0 aliphatic heterocycles. The largest absolute Gasteiger partial charge is 0.389 e. The predicted octanol–water partition coefficient (Wildman–Crippen LogP) is 5.91. The third kappa shape index (κ3) is 9.82. The van der Waals surface area contributed by atoms with Gasteiger partial charge in [-0.05, 0) is 31.6 Å². The molecule has 0 bridgehead atoms. The van der Waals surface area contributed by atoms with Gasteiger partial charge in [0.1, 0.15) is 5.78 Å². The maximum absolute atomic E-state index is 12.2. The molecule has 0 aromatic heterocycles. The zero-order valence-electron chi connectivity index (χ0n) is 18.1. The summed E-state index contributed by atoms with van der Waals surface area (Å²) in [5.41, 5.74) is 0. The number of allylic oxidation sites excluding steroid dienone is 1. The predicted molar refractivity (Wildman–Crippen MR) is 115 cm³/mol. The second-order valence-electron chi connectivity index (χ2n) is 7.98. The minimum Gasteiger partial charge on any atom is -0.389 e. The average Bonchev–Trinajstić information content (AvgIpc) is 3.05. The normalized spacial score (nSPS) is 21.6. The van der Waals surface area contributed by atoms with Crippen LogP contribution in [0.5, 0.6) is 0 Å². The lowest BCUT2D eigenvalue weighted by Gasteiger charge is -2.16. The van der Waals surface area contributed by atoms with Gasteiger partial charge in [0.2, 0.25) is 0 Å². The number of ketones is 1. The molecule has 1 saturated carbocycles. The SMILES string of the molecule is CCCCC[C@H](O)/C=C/[C@H]1CCC(=O)[C@@H]1CCCCCCCP(=O)(OC)OC. The number of carbonyl (C=O) groups is 1. The van der Waals surface area contributed by atoms with Gasteiger partial charge in [0.15, 0.2) is 0 Å². The Morgan fingerprint density at radius 3 is 2.46 bits per heavy atom. The summed E-state index contributed by atoms with van der Waals surface area (Å²) in [7, 11) is -0.0112. The Morgan fingerprint density at radius 2 is 1.79 bits per heavy atom. The molecule has 0 spiro atoms. The van der Waals surface area contributed by atoms with Crippen LogP contribution in [-0.2, 0) is 18.4 Å². The molecule has 3 atom stereocenters. The highest BCUT2D eigenvalue weighted by Crippen LogP contribution is 2.47. The molecule has 1 fully saturated rings. The Balaban J connectivity index is 2.24. The van der Waals surface area contributed by atoms with Crippen LogP contribution in [0.25, 0.3) is 0 Å². The van der Waals surface area contributed by atoms with Gasteiger partial charge in [-0.25, -0.2) is 0 Å². The third-order valence-electron chi connectivity index (χ3n) is 5.84. The summed E-state index contributed by atoms with van der Waals surface area (Å²) in [6.07, 6.45) is 15.9. The summed E-state index contributed by atoms with van der Waals surface area (Å²) < 4.78 is 21.9. The fourth-order valence-corrected chi connectivity index (χ4v) is 5.09. The van der Waals surface area contributed by atoms with Crippen LogP contribution in [0.2, 0.25) is 0 Å². The zero-order chi connectivity index (χ0) is 20.8. The zero-order valence-corrected chi connectivity index (χ0v) is 19.0. The van der Waals surface area contributed by atoms with Crippen LogP contribution in [0.3, 0.4) is 0 Å². The fraction of sp³-hybridized carbons (Fsp3) is 0.864. The van der Waals surface area contributed by atoms with Gasteiger partial charge in [-0.15, -0.1) is 0 Å². The van der Waals surface area contributed by atoms with Crippen molar-refractivity contribution in [2.75, 3.05) is 20.4 Å². The van der Waals surface area contributed by atoms with Crippen molar-refractivity contribution in [1.29, 1.82) is 0 Å². The summed E-state index contributed by atoms with van der Waals surface area (Å²) in [5.74, 6) is 0.806. The van der Waals surface area contributed by atoms with Crippen LogP contribution in [0.1, 0.15) is 84.0 Å². The van der Waals surface area contributed by atoms with Crippen LogP contribution in [0.15, 0.2) is 12.2 Å². The topological polar surface area (TPSA) is 72.8 Å². The summed E-state index contributed by atoms with van der Waals surface area (Å²) >= 11 is 0. The Hall–Kier alpha value is -0.480. The number of aliphatic hydroxyl groups is 1. The smallest absolute Gasteiger partial charge is 0.330 e. The van der Waals surface area contributed by atoms with E-state index in [0.717, 1.165) is 70.6 Å². The van der Waals surface area contributed by atoms with Crippen molar-refractivity contribution in [3.8, 4) is 0 Å². The van der Waals surface area contributed by atoms with Gasteiger partial charge < -0.3 is 14.2 Å². The molecule has 0 amide bonds. The highest BCUT2D eigenvalue weighted by atomic mass is 31.2. The van der Waals surface area contributed by atoms with Crippen LogP contribution < -0.4 is 0 Å². The van der Waals surface area contributed by atoms with Crippen molar-refractivity contribution in [3.05, 3.63) is 12.2 Å². The Bertz CT molecular complexity index is 497. The van der Waals surface area contributed by atoms with E-state index in [1.807, 2.05) is 6.08 Å². The van der Waals surface area contributed by atoms with Gasteiger partial charge >= 0.3 is 7.60 Å². The number of rotatable bonds is 16. The van der Waals surface area contributed by atoms with E-state index in [2.05, 4.69) is 13.0 Å². The van der Waals surface area contributed by atoms with Crippen molar-refractivity contribution in [2.45, 2.75) is 90.1 Å². The number of unbranched alkanes of at least 4 members (excludes halogenated alkanes) is 6. The van der Waals surface area contributed by atoms with Crippen molar-refractivity contribution >= 4 is 13.4 Å². The van der Waals surface area contributed by atoms with E-state index in [4.69, 9.17) is 9.05 Å².